The molecule has 102 valence electrons. The topological polar surface area (TPSA) is 41.1 Å². The van der Waals surface area contributed by atoms with Crippen molar-refractivity contribution in [2.24, 2.45) is 5.92 Å². The number of carbonyl (C=O) groups is 1. The SMILES string of the molecule is Cc1cc2c(cc1F)NC(=O)C1(CCCC(C)C1)N2. The monoisotopic (exact) mass is 262 g/mol. The quantitative estimate of drug-likeness (QED) is 0.752. The van der Waals surface area contributed by atoms with Gasteiger partial charge in [0.15, 0.2) is 0 Å². The van der Waals surface area contributed by atoms with Gasteiger partial charge in [-0.1, -0.05) is 19.8 Å². The predicted octanol–water partition coefficient (Wildman–Crippen LogP) is 3.45. The van der Waals surface area contributed by atoms with Crippen molar-refractivity contribution in [3.05, 3.63) is 23.5 Å². The Morgan fingerprint density at radius 1 is 1.37 bits per heavy atom. The molecule has 4 heteroatoms. The molecule has 1 saturated carbocycles. The first-order valence-electron chi connectivity index (χ1n) is 6.90. The van der Waals surface area contributed by atoms with Crippen LogP contribution in [0.15, 0.2) is 12.1 Å². The largest absolute Gasteiger partial charge is 0.369 e. The van der Waals surface area contributed by atoms with Crippen LogP contribution >= 0.6 is 0 Å². The molecule has 1 fully saturated rings. The van der Waals surface area contributed by atoms with Gasteiger partial charge >= 0.3 is 0 Å². The number of hydrogen-bond acceptors (Lipinski definition) is 2. The molecule has 1 heterocycles. The lowest BCUT2D eigenvalue weighted by atomic mass is 9.74. The molecule has 1 aromatic carbocycles. The Labute approximate surface area is 112 Å². The van der Waals surface area contributed by atoms with E-state index in [0.29, 0.717) is 17.2 Å². The molecule has 2 atom stereocenters. The van der Waals surface area contributed by atoms with Crippen molar-refractivity contribution in [1.29, 1.82) is 0 Å². The number of carbonyl (C=O) groups excluding carboxylic acids is 1. The highest BCUT2D eigenvalue weighted by Crippen LogP contribution is 2.41. The maximum absolute atomic E-state index is 13.6. The Balaban J connectivity index is 1.99. The number of anilines is 2. The molecule has 0 bridgehead atoms. The smallest absolute Gasteiger partial charge is 0.250 e. The van der Waals surface area contributed by atoms with Crippen LogP contribution in [0.25, 0.3) is 0 Å². The lowest BCUT2D eigenvalue weighted by molar-refractivity contribution is -0.122. The molecule has 3 rings (SSSR count). The molecule has 1 aliphatic carbocycles. The van der Waals surface area contributed by atoms with Gasteiger partial charge in [-0.15, -0.1) is 0 Å². The summed E-state index contributed by atoms with van der Waals surface area (Å²) in [7, 11) is 0. The zero-order chi connectivity index (χ0) is 13.6. The zero-order valence-corrected chi connectivity index (χ0v) is 11.3. The standard InChI is InChI=1S/C15H19FN2O/c1-9-4-3-5-15(8-9)14(19)17-12-7-11(16)10(2)6-13(12)18-15/h6-7,9,18H,3-5,8H2,1-2H3,(H,17,19). The molecule has 3 nitrogen and oxygen atoms in total. The number of nitrogens with one attached hydrogen (secondary N) is 2. The highest BCUT2D eigenvalue weighted by molar-refractivity contribution is 6.06. The molecule has 1 aliphatic heterocycles. The van der Waals surface area contributed by atoms with Crippen molar-refractivity contribution in [3.63, 3.8) is 0 Å². The van der Waals surface area contributed by atoms with Crippen molar-refractivity contribution >= 4 is 17.3 Å². The van der Waals surface area contributed by atoms with Crippen LogP contribution in [0.5, 0.6) is 0 Å². The van der Waals surface area contributed by atoms with Crippen molar-refractivity contribution in [2.45, 2.75) is 45.1 Å². The summed E-state index contributed by atoms with van der Waals surface area (Å²) in [5, 5.41) is 6.25. The van der Waals surface area contributed by atoms with Gasteiger partial charge in [-0.2, -0.15) is 0 Å². The van der Waals surface area contributed by atoms with Crippen molar-refractivity contribution in [2.75, 3.05) is 10.6 Å². The van der Waals surface area contributed by atoms with Crippen LogP contribution in [0.4, 0.5) is 15.8 Å². The Hall–Kier alpha value is -1.58. The normalized spacial score (nSPS) is 29.6. The average Bonchev–Trinajstić information content (AvgIpc) is 2.34. The molecule has 1 aromatic rings. The van der Waals surface area contributed by atoms with E-state index in [9.17, 15) is 9.18 Å². The number of hydrogen-bond donors (Lipinski definition) is 2. The lowest BCUT2D eigenvalue weighted by Crippen LogP contribution is -2.54. The van der Waals surface area contributed by atoms with E-state index in [1.165, 1.54) is 12.5 Å². The summed E-state index contributed by atoms with van der Waals surface area (Å²) >= 11 is 0. The highest BCUT2D eigenvalue weighted by atomic mass is 19.1. The molecule has 2 unspecified atom stereocenters. The van der Waals surface area contributed by atoms with Crippen LogP contribution in [-0.2, 0) is 4.79 Å². The number of rotatable bonds is 0. The summed E-state index contributed by atoms with van der Waals surface area (Å²) < 4.78 is 13.6. The average molecular weight is 262 g/mol. The van der Waals surface area contributed by atoms with Gasteiger partial charge in [0.05, 0.1) is 11.4 Å². The van der Waals surface area contributed by atoms with Crippen molar-refractivity contribution in [1.82, 2.24) is 0 Å². The Kier molecular flexibility index (Phi) is 2.77. The Morgan fingerprint density at radius 2 is 2.16 bits per heavy atom. The van der Waals surface area contributed by atoms with Gasteiger partial charge in [0.2, 0.25) is 5.91 Å². The maximum Gasteiger partial charge on any atom is 0.250 e. The van der Waals surface area contributed by atoms with Gasteiger partial charge in [-0.3, -0.25) is 4.79 Å². The van der Waals surface area contributed by atoms with E-state index in [0.717, 1.165) is 24.9 Å². The highest BCUT2D eigenvalue weighted by Gasteiger charge is 2.44. The number of benzene rings is 1. The minimum atomic E-state index is -0.505. The fourth-order valence-corrected chi connectivity index (χ4v) is 3.32. The predicted molar refractivity (Wildman–Crippen MR) is 73.8 cm³/mol. The van der Waals surface area contributed by atoms with Gasteiger partial charge in [0.25, 0.3) is 0 Å². The summed E-state index contributed by atoms with van der Waals surface area (Å²) in [5.74, 6) is 0.235. The van der Waals surface area contributed by atoms with E-state index in [1.807, 2.05) is 0 Å². The number of halogens is 1. The molecule has 0 aromatic heterocycles. The first-order valence-corrected chi connectivity index (χ1v) is 6.90. The summed E-state index contributed by atoms with van der Waals surface area (Å²) in [6.07, 6.45) is 3.91. The van der Waals surface area contributed by atoms with E-state index < -0.39 is 5.54 Å². The number of fused-ring (bicyclic) bond motifs is 1. The van der Waals surface area contributed by atoms with Gasteiger partial charge in [0.1, 0.15) is 11.4 Å². The molecule has 2 aliphatic rings. The van der Waals surface area contributed by atoms with Gasteiger partial charge < -0.3 is 10.6 Å². The minimum absolute atomic E-state index is 0.0187. The van der Waals surface area contributed by atoms with Crippen molar-refractivity contribution in [3.8, 4) is 0 Å². The van der Waals surface area contributed by atoms with Crippen LogP contribution in [0.3, 0.4) is 0 Å². The number of aryl methyl sites for hydroxylation is 1. The van der Waals surface area contributed by atoms with Gasteiger partial charge in [-0.25, -0.2) is 4.39 Å². The van der Waals surface area contributed by atoms with E-state index in [1.54, 1.807) is 13.0 Å². The second kappa shape index (κ2) is 4.22. The fourth-order valence-electron chi connectivity index (χ4n) is 3.32. The zero-order valence-electron chi connectivity index (χ0n) is 11.3. The van der Waals surface area contributed by atoms with E-state index in [-0.39, 0.29) is 11.7 Å². The summed E-state index contributed by atoms with van der Waals surface area (Å²) in [6.45, 7) is 3.92. The molecular weight excluding hydrogens is 243 g/mol. The van der Waals surface area contributed by atoms with Crippen LogP contribution in [-0.4, -0.2) is 11.4 Å². The van der Waals surface area contributed by atoms with E-state index >= 15 is 0 Å². The summed E-state index contributed by atoms with van der Waals surface area (Å²) in [6, 6.07) is 3.18. The molecule has 1 amide bonds. The molecule has 2 N–H and O–H groups in total. The third kappa shape index (κ3) is 1.99. The van der Waals surface area contributed by atoms with Crippen LogP contribution < -0.4 is 10.6 Å². The second-order valence-corrected chi connectivity index (χ2v) is 6.01. The molecule has 1 spiro atoms. The molecule has 0 saturated heterocycles. The molecule has 0 radical (unpaired) electrons. The Bertz CT molecular complexity index is 543. The van der Waals surface area contributed by atoms with Gasteiger partial charge in [0, 0.05) is 0 Å². The summed E-state index contributed by atoms with van der Waals surface area (Å²) in [4.78, 5) is 12.4. The minimum Gasteiger partial charge on any atom is -0.369 e. The Morgan fingerprint density at radius 3 is 2.89 bits per heavy atom. The van der Waals surface area contributed by atoms with Crippen molar-refractivity contribution < 1.29 is 9.18 Å². The second-order valence-electron chi connectivity index (χ2n) is 6.01. The van der Waals surface area contributed by atoms with Gasteiger partial charge in [-0.05, 0) is 43.4 Å². The summed E-state index contributed by atoms with van der Waals surface area (Å²) in [5.41, 5.74) is 1.49. The van der Waals surface area contributed by atoms with E-state index in [2.05, 4.69) is 17.6 Å². The fraction of sp³-hybridized carbons (Fsp3) is 0.533. The first-order chi connectivity index (χ1) is 9.00. The van der Waals surface area contributed by atoms with Crippen LogP contribution in [0, 0.1) is 18.7 Å². The molecule has 19 heavy (non-hydrogen) atoms. The lowest BCUT2D eigenvalue weighted by Gasteiger charge is -2.43. The van der Waals surface area contributed by atoms with E-state index in [4.69, 9.17) is 0 Å². The molecular formula is C15H19FN2O. The third-order valence-electron chi connectivity index (χ3n) is 4.35. The third-order valence-corrected chi connectivity index (χ3v) is 4.35. The number of amides is 1. The maximum atomic E-state index is 13.6. The first kappa shape index (κ1) is 12.5. The van der Waals surface area contributed by atoms with Crippen LogP contribution in [0.1, 0.15) is 38.2 Å². The van der Waals surface area contributed by atoms with Crippen LogP contribution in [0.2, 0.25) is 0 Å².